The molecule has 0 aliphatic carbocycles. The van der Waals surface area contributed by atoms with Crippen molar-refractivity contribution >= 4 is 19.8 Å². The molecular weight excluding hydrogens is 930 g/mol. The molecular formula is C63H124NO8P. The van der Waals surface area contributed by atoms with Crippen molar-refractivity contribution in [3.8, 4) is 0 Å². The highest BCUT2D eigenvalue weighted by Gasteiger charge is 2.22. The zero-order valence-corrected chi connectivity index (χ0v) is 50.3. The number of carbonyl (C=O) groups excluding carboxylic acids is 2. The summed E-state index contributed by atoms with van der Waals surface area (Å²) >= 11 is 0. The van der Waals surface area contributed by atoms with Gasteiger partial charge in [-0.05, 0) is 32.1 Å². The average molecular weight is 1050 g/mol. The molecule has 2 unspecified atom stereocenters. The number of phosphoric ester groups is 1. The molecule has 0 saturated carbocycles. The second-order valence-corrected chi connectivity index (χ2v) is 24.5. The van der Waals surface area contributed by atoms with Crippen molar-refractivity contribution in [3.05, 3.63) is 12.2 Å². The van der Waals surface area contributed by atoms with Gasteiger partial charge in [0, 0.05) is 12.8 Å². The van der Waals surface area contributed by atoms with E-state index in [1.165, 1.54) is 238 Å². The minimum absolute atomic E-state index is 0.0292. The summed E-state index contributed by atoms with van der Waals surface area (Å²) in [5.41, 5.74) is 0. The van der Waals surface area contributed by atoms with Crippen LogP contribution in [0.5, 0.6) is 0 Å². The molecule has 0 fully saturated rings. The normalized spacial score (nSPS) is 13.2. The minimum Gasteiger partial charge on any atom is -0.756 e. The molecule has 10 heteroatoms. The largest absolute Gasteiger partial charge is 0.756 e. The summed E-state index contributed by atoms with van der Waals surface area (Å²) in [6, 6.07) is 0. The molecule has 0 aromatic carbocycles. The lowest BCUT2D eigenvalue weighted by Gasteiger charge is -2.28. The lowest BCUT2D eigenvalue weighted by molar-refractivity contribution is -0.870. The van der Waals surface area contributed by atoms with Crippen LogP contribution in [0.25, 0.3) is 0 Å². The van der Waals surface area contributed by atoms with Gasteiger partial charge < -0.3 is 27.9 Å². The maximum Gasteiger partial charge on any atom is 0.306 e. The number of ether oxygens (including phenoxy) is 2. The molecule has 73 heavy (non-hydrogen) atoms. The fraction of sp³-hybridized carbons (Fsp3) is 0.937. The van der Waals surface area contributed by atoms with Gasteiger partial charge in [0.2, 0.25) is 0 Å². The molecule has 0 aliphatic rings. The summed E-state index contributed by atoms with van der Waals surface area (Å²) in [6.45, 7) is 4.21. The highest BCUT2D eigenvalue weighted by molar-refractivity contribution is 7.45. The van der Waals surface area contributed by atoms with Gasteiger partial charge in [0.25, 0.3) is 7.82 Å². The van der Waals surface area contributed by atoms with Crippen molar-refractivity contribution < 1.29 is 42.1 Å². The van der Waals surface area contributed by atoms with Crippen LogP contribution in [0.4, 0.5) is 0 Å². The number of phosphoric acid groups is 1. The molecule has 0 N–H and O–H groups in total. The van der Waals surface area contributed by atoms with Gasteiger partial charge in [-0.3, -0.25) is 14.2 Å². The topological polar surface area (TPSA) is 111 Å². The highest BCUT2D eigenvalue weighted by Crippen LogP contribution is 2.38. The van der Waals surface area contributed by atoms with Crippen molar-refractivity contribution in [2.75, 3.05) is 47.5 Å². The van der Waals surface area contributed by atoms with Crippen LogP contribution in [0.15, 0.2) is 12.2 Å². The van der Waals surface area contributed by atoms with Gasteiger partial charge in [-0.1, -0.05) is 296 Å². The smallest absolute Gasteiger partial charge is 0.306 e. The number of allylic oxidation sites excluding steroid dienone is 2. The fourth-order valence-electron chi connectivity index (χ4n) is 9.60. The number of quaternary nitrogens is 1. The molecule has 0 spiro atoms. The summed E-state index contributed by atoms with van der Waals surface area (Å²) in [5.74, 6) is -0.831. The van der Waals surface area contributed by atoms with E-state index < -0.39 is 26.5 Å². The van der Waals surface area contributed by atoms with E-state index in [1.54, 1.807) is 0 Å². The summed E-state index contributed by atoms with van der Waals surface area (Å²) in [4.78, 5) is 37.7. The summed E-state index contributed by atoms with van der Waals surface area (Å²) in [5, 5.41) is 0. The van der Waals surface area contributed by atoms with Crippen molar-refractivity contribution in [2.24, 2.45) is 0 Å². The van der Waals surface area contributed by atoms with Crippen molar-refractivity contribution in [1.82, 2.24) is 0 Å². The Hall–Kier alpha value is -1.25. The average Bonchev–Trinajstić information content (AvgIpc) is 3.35. The maximum absolute atomic E-state index is 12.7. The predicted octanol–water partition coefficient (Wildman–Crippen LogP) is 19.4. The van der Waals surface area contributed by atoms with Crippen LogP contribution in [0.2, 0.25) is 0 Å². The molecule has 0 rings (SSSR count). The number of esters is 2. The Morgan fingerprint density at radius 2 is 0.726 bits per heavy atom. The number of likely N-dealkylation sites (N-methyl/N-ethyl adjacent to an activating group) is 1. The number of unbranched alkanes of at least 4 members (excludes halogenated alkanes) is 44. The van der Waals surface area contributed by atoms with Crippen LogP contribution in [0.1, 0.15) is 328 Å². The molecule has 0 saturated heterocycles. The first-order chi connectivity index (χ1) is 35.5. The first-order valence-electron chi connectivity index (χ1n) is 31.9. The van der Waals surface area contributed by atoms with Crippen molar-refractivity contribution in [3.63, 3.8) is 0 Å². The molecule has 2 atom stereocenters. The minimum atomic E-state index is -4.63. The van der Waals surface area contributed by atoms with Crippen LogP contribution in [-0.4, -0.2) is 70.0 Å². The van der Waals surface area contributed by atoms with Crippen LogP contribution in [0.3, 0.4) is 0 Å². The molecule has 0 radical (unpaired) electrons. The molecule has 0 aliphatic heterocycles. The Kier molecular flexibility index (Phi) is 54.6. The summed E-state index contributed by atoms with van der Waals surface area (Å²) in [7, 11) is 1.18. The SMILES string of the molecule is CCC/C=C\CCCCCCCC(=O)OC(COC(=O)CCCCCCCCCCCCCCCCCCCCCCCCCCCCCCCCCCCCCCCCC)COP(=O)([O-])OCC[N+](C)(C)C. The number of hydrogen-bond acceptors (Lipinski definition) is 8. The van der Waals surface area contributed by atoms with Crippen LogP contribution in [0, 0.1) is 0 Å². The molecule has 9 nitrogen and oxygen atoms in total. The van der Waals surface area contributed by atoms with E-state index >= 15 is 0 Å². The van der Waals surface area contributed by atoms with E-state index in [4.69, 9.17) is 18.5 Å². The van der Waals surface area contributed by atoms with E-state index in [2.05, 4.69) is 26.0 Å². The second kappa shape index (κ2) is 55.5. The van der Waals surface area contributed by atoms with Gasteiger partial charge in [0.15, 0.2) is 6.10 Å². The number of rotatable bonds is 60. The molecule has 0 bridgehead atoms. The first kappa shape index (κ1) is 71.8. The first-order valence-corrected chi connectivity index (χ1v) is 33.4. The van der Waals surface area contributed by atoms with Crippen LogP contribution in [-0.2, 0) is 32.7 Å². The molecule has 434 valence electrons. The molecule has 0 amide bonds. The number of nitrogens with zero attached hydrogens (tertiary/aromatic N) is 1. The number of carbonyl (C=O) groups is 2. The summed E-state index contributed by atoms with van der Waals surface area (Å²) in [6.07, 6.45) is 66.2. The lowest BCUT2D eigenvalue weighted by atomic mass is 10.0. The van der Waals surface area contributed by atoms with E-state index in [-0.39, 0.29) is 32.0 Å². The fourth-order valence-corrected chi connectivity index (χ4v) is 10.3. The van der Waals surface area contributed by atoms with Gasteiger partial charge in [0.1, 0.15) is 19.8 Å². The molecule has 0 heterocycles. The van der Waals surface area contributed by atoms with Gasteiger partial charge in [-0.2, -0.15) is 0 Å². The summed E-state index contributed by atoms with van der Waals surface area (Å²) < 4.78 is 34.0. The van der Waals surface area contributed by atoms with E-state index in [9.17, 15) is 19.0 Å². The number of hydrogen-bond donors (Lipinski definition) is 0. The van der Waals surface area contributed by atoms with Crippen molar-refractivity contribution in [1.29, 1.82) is 0 Å². The van der Waals surface area contributed by atoms with Crippen LogP contribution >= 0.6 is 7.82 Å². The Balaban J connectivity index is 3.75. The quantitative estimate of drug-likeness (QED) is 0.0195. The van der Waals surface area contributed by atoms with E-state index in [0.29, 0.717) is 17.4 Å². The third-order valence-corrected chi connectivity index (χ3v) is 15.5. The van der Waals surface area contributed by atoms with E-state index in [0.717, 1.165) is 57.8 Å². The van der Waals surface area contributed by atoms with Gasteiger partial charge in [-0.15, -0.1) is 0 Å². The van der Waals surface area contributed by atoms with Gasteiger partial charge in [-0.25, -0.2) is 0 Å². The lowest BCUT2D eigenvalue weighted by Crippen LogP contribution is -2.37. The predicted molar refractivity (Wildman–Crippen MR) is 310 cm³/mol. The van der Waals surface area contributed by atoms with Gasteiger partial charge in [0.05, 0.1) is 27.7 Å². The Morgan fingerprint density at radius 1 is 0.411 bits per heavy atom. The Bertz CT molecular complexity index is 1240. The zero-order chi connectivity index (χ0) is 53.5. The van der Waals surface area contributed by atoms with Crippen LogP contribution < -0.4 is 4.89 Å². The third-order valence-electron chi connectivity index (χ3n) is 14.5. The van der Waals surface area contributed by atoms with E-state index in [1.807, 2.05) is 21.1 Å². The molecule has 0 aromatic rings. The van der Waals surface area contributed by atoms with Crippen molar-refractivity contribution in [2.45, 2.75) is 335 Å². The highest BCUT2D eigenvalue weighted by atomic mass is 31.2. The monoisotopic (exact) mass is 1050 g/mol. The maximum atomic E-state index is 12.7. The zero-order valence-electron chi connectivity index (χ0n) is 49.4. The Morgan fingerprint density at radius 3 is 1.07 bits per heavy atom. The second-order valence-electron chi connectivity index (χ2n) is 23.1. The molecule has 0 aromatic heterocycles. The third kappa shape index (κ3) is 59.8. The standard InChI is InChI=1S/C63H124NO8P/c1-6-8-10-12-14-16-18-19-20-21-22-23-24-25-26-27-28-29-30-31-32-33-34-35-36-37-38-39-40-41-42-43-44-45-46-48-49-51-53-55-62(65)69-59-61(60-71-73(67,68)70-58-57-64(3,4)5)72-63(66)56-54-52-50-47-17-15-13-11-9-7-2/h11,13,61H,6-10,12,14-60H2,1-5H3/b13-11-. The Labute approximate surface area is 454 Å². The van der Waals surface area contributed by atoms with Gasteiger partial charge >= 0.3 is 11.9 Å².